The maximum absolute atomic E-state index is 13.3. The lowest BCUT2D eigenvalue weighted by Crippen LogP contribution is -2.39. The van der Waals surface area contributed by atoms with Gasteiger partial charge in [-0.15, -0.1) is 24.0 Å². The molecule has 0 aliphatic rings. The fourth-order valence-corrected chi connectivity index (χ4v) is 3.11. The van der Waals surface area contributed by atoms with Gasteiger partial charge in [-0.3, -0.25) is 9.79 Å². The monoisotopic (exact) mass is 541 g/mol. The molecule has 0 fully saturated rings. The summed E-state index contributed by atoms with van der Waals surface area (Å²) in [4.78, 5) is 18.6. The van der Waals surface area contributed by atoms with Crippen molar-refractivity contribution in [3.63, 3.8) is 0 Å². The first-order valence-electron chi connectivity index (χ1n) is 10.2. The summed E-state index contributed by atoms with van der Waals surface area (Å²) in [7, 11) is 5.61. The summed E-state index contributed by atoms with van der Waals surface area (Å²) < 4.78 is 13.3. The Morgan fingerprint density at radius 2 is 1.84 bits per heavy atom. The molecule has 2 aromatic carbocycles. The van der Waals surface area contributed by atoms with Crippen LogP contribution in [-0.2, 0) is 6.42 Å². The molecule has 0 bridgehead atoms. The lowest BCUT2D eigenvalue weighted by Gasteiger charge is -2.23. The van der Waals surface area contributed by atoms with Gasteiger partial charge in [-0.2, -0.15) is 0 Å². The van der Waals surface area contributed by atoms with E-state index in [1.807, 2.05) is 39.2 Å². The van der Waals surface area contributed by atoms with Crippen LogP contribution in [0.3, 0.4) is 0 Å². The van der Waals surface area contributed by atoms with Crippen LogP contribution in [0.4, 0.5) is 4.39 Å². The molecule has 31 heavy (non-hydrogen) atoms. The number of carbonyl (C=O) groups is 1. The first-order chi connectivity index (χ1) is 14.4. The molecule has 0 spiro atoms. The number of carbonyl (C=O) groups excluding carboxylic acids is 1. The zero-order chi connectivity index (χ0) is 21.9. The van der Waals surface area contributed by atoms with Crippen LogP contribution in [0.1, 0.15) is 34.5 Å². The molecule has 8 heteroatoms. The molecule has 1 amide bonds. The third-order valence-electron chi connectivity index (χ3n) is 4.77. The van der Waals surface area contributed by atoms with E-state index in [0.29, 0.717) is 18.7 Å². The average molecular weight is 541 g/mol. The number of likely N-dealkylation sites (N-methyl/N-ethyl adjacent to an activating group) is 1. The Kier molecular flexibility index (Phi) is 12.1. The highest BCUT2D eigenvalue weighted by atomic mass is 127. The minimum atomic E-state index is -0.241. The normalized spacial score (nSPS) is 12.1. The molecule has 6 nitrogen and oxygen atoms in total. The number of hydrogen-bond donors (Lipinski definition) is 3. The predicted octanol–water partition coefficient (Wildman–Crippen LogP) is 3.20. The van der Waals surface area contributed by atoms with Gasteiger partial charge in [-0.25, -0.2) is 4.39 Å². The number of aliphatic imine (C=N–C) groups is 1. The van der Waals surface area contributed by atoms with E-state index in [-0.39, 0.29) is 41.7 Å². The number of nitrogens with zero attached hydrogens (tertiary/aromatic N) is 2. The number of benzene rings is 2. The van der Waals surface area contributed by atoms with E-state index in [4.69, 9.17) is 4.99 Å². The fraction of sp³-hybridized carbons (Fsp3) is 0.391. The van der Waals surface area contributed by atoms with Gasteiger partial charge in [0.15, 0.2) is 5.96 Å². The molecule has 2 rings (SSSR count). The van der Waals surface area contributed by atoms with Gasteiger partial charge in [0, 0.05) is 25.7 Å². The van der Waals surface area contributed by atoms with E-state index in [1.54, 1.807) is 25.2 Å². The Hall–Kier alpha value is -2.20. The number of nitrogens with one attached hydrogen (secondary N) is 3. The number of halogens is 2. The minimum Gasteiger partial charge on any atom is -0.357 e. The van der Waals surface area contributed by atoms with Crippen molar-refractivity contribution < 1.29 is 9.18 Å². The van der Waals surface area contributed by atoms with Crippen molar-refractivity contribution >= 4 is 35.8 Å². The standard InChI is InChI=1S/C23H32FN5O.HI/c1-5-26-23(27-14-13-17-7-6-8-19(15-17)22(30)25-2)28-16-21(29(3)4)18-9-11-20(24)12-10-18;/h6-12,15,21H,5,13-14,16H2,1-4H3,(H,25,30)(H2,26,27,28);1H. The molecule has 0 heterocycles. The summed E-state index contributed by atoms with van der Waals surface area (Å²) >= 11 is 0. The first kappa shape index (κ1) is 26.8. The van der Waals surface area contributed by atoms with Crippen molar-refractivity contribution in [2.24, 2.45) is 4.99 Å². The van der Waals surface area contributed by atoms with Crippen LogP contribution in [0.2, 0.25) is 0 Å². The van der Waals surface area contributed by atoms with Crippen molar-refractivity contribution in [2.75, 3.05) is 40.8 Å². The Labute approximate surface area is 201 Å². The highest BCUT2D eigenvalue weighted by Crippen LogP contribution is 2.19. The van der Waals surface area contributed by atoms with E-state index in [2.05, 4.69) is 20.9 Å². The summed E-state index contributed by atoms with van der Waals surface area (Å²) in [6.07, 6.45) is 0.768. The van der Waals surface area contributed by atoms with Crippen LogP contribution in [0.25, 0.3) is 0 Å². The highest BCUT2D eigenvalue weighted by molar-refractivity contribution is 14.0. The molecule has 0 aromatic heterocycles. The molecule has 1 atom stereocenters. The molecule has 0 radical (unpaired) electrons. The van der Waals surface area contributed by atoms with Crippen LogP contribution in [0, 0.1) is 5.82 Å². The maximum atomic E-state index is 13.3. The van der Waals surface area contributed by atoms with E-state index < -0.39 is 0 Å². The average Bonchev–Trinajstić information content (AvgIpc) is 2.74. The molecular formula is C23H33FIN5O. The van der Waals surface area contributed by atoms with E-state index in [0.717, 1.165) is 30.1 Å². The number of hydrogen-bond acceptors (Lipinski definition) is 3. The van der Waals surface area contributed by atoms with Crippen LogP contribution in [0.15, 0.2) is 53.5 Å². The van der Waals surface area contributed by atoms with Crippen molar-refractivity contribution in [2.45, 2.75) is 19.4 Å². The Morgan fingerprint density at radius 1 is 1.13 bits per heavy atom. The second-order valence-electron chi connectivity index (χ2n) is 7.21. The Balaban J connectivity index is 0.00000480. The zero-order valence-electron chi connectivity index (χ0n) is 18.6. The lowest BCUT2D eigenvalue weighted by atomic mass is 10.1. The number of rotatable bonds is 9. The summed E-state index contributed by atoms with van der Waals surface area (Å²) in [5.41, 5.74) is 2.76. The van der Waals surface area contributed by atoms with Crippen molar-refractivity contribution in [3.05, 3.63) is 71.0 Å². The molecule has 2 aromatic rings. The molecule has 0 aliphatic heterocycles. The van der Waals surface area contributed by atoms with Gasteiger partial charge >= 0.3 is 0 Å². The zero-order valence-corrected chi connectivity index (χ0v) is 20.9. The van der Waals surface area contributed by atoms with E-state index in [1.165, 1.54) is 12.1 Å². The topological polar surface area (TPSA) is 68.8 Å². The lowest BCUT2D eigenvalue weighted by molar-refractivity contribution is 0.0963. The van der Waals surface area contributed by atoms with Crippen LogP contribution in [0.5, 0.6) is 0 Å². The Morgan fingerprint density at radius 3 is 2.45 bits per heavy atom. The summed E-state index contributed by atoms with van der Waals surface area (Å²) in [6, 6.07) is 14.2. The van der Waals surface area contributed by atoms with E-state index in [9.17, 15) is 9.18 Å². The van der Waals surface area contributed by atoms with Crippen molar-refractivity contribution in [1.82, 2.24) is 20.9 Å². The largest absolute Gasteiger partial charge is 0.357 e. The third-order valence-corrected chi connectivity index (χ3v) is 4.77. The number of amides is 1. The molecule has 170 valence electrons. The van der Waals surface area contributed by atoms with Gasteiger partial charge in [0.2, 0.25) is 0 Å². The molecule has 0 saturated heterocycles. The smallest absolute Gasteiger partial charge is 0.251 e. The predicted molar refractivity (Wildman–Crippen MR) is 136 cm³/mol. The van der Waals surface area contributed by atoms with Crippen molar-refractivity contribution in [1.29, 1.82) is 0 Å². The van der Waals surface area contributed by atoms with Gasteiger partial charge in [-0.1, -0.05) is 24.3 Å². The van der Waals surface area contributed by atoms with Gasteiger partial charge < -0.3 is 20.9 Å². The van der Waals surface area contributed by atoms with Crippen LogP contribution in [-0.4, -0.2) is 57.5 Å². The maximum Gasteiger partial charge on any atom is 0.251 e. The SMILES string of the molecule is CCNC(=NCC(c1ccc(F)cc1)N(C)C)NCCc1cccc(C(=O)NC)c1.I. The van der Waals surface area contributed by atoms with Gasteiger partial charge in [0.25, 0.3) is 5.91 Å². The molecular weight excluding hydrogens is 508 g/mol. The molecule has 3 N–H and O–H groups in total. The summed E-state index contributed by atoms with van der Waals surface area (Å²) in [5, 5.41) is 9.25. The quantitative estimate of drug-likeness (QED) is 0.259. The van der Waals surface area contributed by atoms with Crippen LogP contribution < -0.4 is 16.0 Å². The molecule has 1 unspecified atom stereocenters. The fourth-order valence-electron chi connectivity index (χ4n) is 3.11. The molecule has 0 aliphatic carbocycles. The van der Waals surface area contributed by atoms with Gasteiger partial charge in [-0.05, 0) is 62.8 Å². The van der Waals surface area contributed by atoms with Crippen molar-refractivity contribution in [3.8, 4) is 0 Å². The summed E-state index contributed by atoms with van der Waals surface area (Å²) in [5.74, 6) is 0.402. The second-order valence-corrected chi connectivity index (χ2v) is 7.21. The third kappa shape index (κ3) is 8.82. The van der Waals surface area contributed by atoms with Gasteiger partial charge in [0.1, 0.15) is 5.82 Å². The van der Waals surface area contributed by atoms with Crippen LogP contribution >= 0.6 is 24.0 Å². The summed E-state index contributed by atoms with van der Waals surface area (Å²) in [6.45, 7) is 4.00. The number of guanidine groups is 1. The van der Waals surface area contributed by atoms with Gasteiger partial charge in [0.05, 0.1) is 12.6 Å². The first-order valence-corrected chi connectivity index (χ1v) is 10.2. The Bertz CT molecular complexity index is 842. The van der Waals surface area contributed by atoms with E-state index >= 15 is 0 Å². The minimum absolute atomic E-state index is 0. The highest BCUT2D eigenvalue weighted by Gasteiger charge is 2.14. The molecule has 0 saturated carbocycles. The second kappa shape index (κ2) is 14.0.